The van der Waals surface area contributed by atoms with Crippen LogP contribution in [0, 0.1) is 0 Å². The summed E-state index contributed by atoms with van der Waals surface area (Å²) in [5.41, 5.74) is 0.971. The molecule has 0 bridgehead atoms. The van der Waals surface area contributed by atoms with Gasteiger partial charge in [0, 0.05) is 39.2 Å². The van der Waals surface area contributed by atoms with Crippen LogP contribution in [0.25, 0.3) is 0 Å². The molecule has 2 saturated heterocycles. The molecule has 0 radical (unpaired) electrons. The largest absolute Gasteiger partial charge is 0.497 e. The lowest BCUT2D eigenvalue weighted by atomic mass is 9.97. The minimum absolute atomic E-state index is 0.0630. The van der Waals surface area contributed by atoms with Gasteiger partial charge in [0.05, 0.1) is 12.0 Å². The Hall–Kier alpha value is -2.91. The number of amides is 2. The lowest BCUT2D eigenvalue weighted by Gasteiger charge is -2.47. The van der Waals surface area contributed by atoms with Crippen LogP contribution in [0.15, 0.2) is 59.5 Å². The summed E-state index contributed by atoms with van der Waals surface area (Å²) in [5, 5.41) is 0. The van der Waals surface area contributed by atoms with Gasteiger partial charge >= 0.3 is 0 Å². The molecule has 0 N–H and O–H groups in total. The first-order valence-corrected chi connectivity index (χ1v) is 11.5. The Kier molecular flexibility index (Phi) is 5.72. The van der Waals surface area contributed by atoms with E-state index in [1.54, 1.807) is 19.2 Å². The second kappa shape index (κ2) is 8.32. The molecule has 4 rings (SSSR count). The number of carbonyl (C=O) groups is 2. The fourth-order valence-electron chi connectivity index (χ4n) is 4.17. The van der Waals surface area contributed by atoms with E-state index < -0.39 is 22.1 Å². The van der Waals surface area contributed by atoms with Crippen molar-refractivity contribution in [2.45, 2.75) is 23.4 Å². The van der Waals surface area contributed by atoms with Gasteiger partial charge in [0.2, 0.25) is 21.8 Å². The van der Waals surface area contributed by atoms with Crippen molar-refractivity contribution < 1.29 is 22.7 Å². The zero-order chi connectivity index (χ0) is 22.2. The first kappa shape index (κ1) is 21.3. The van der Waals surface area contributed by atoms with Crippen molar-refractivity contribution in [3.8, 4) is 5.75 Å². The molecule has 164 valence electrons. The Labute approximate surface area is 182 Å². The average Bonchev–Trinajstić information content (AvgIpc) is 2.80. The zero-order valence-electron chi connectivity index (χ0n) is 17.5. The van der Waals surface area contributed by atoms with Crippen LogP contribution in [-0.4, -0.2) is 80.2 Å². The maximum atomic E-state index is 13.2. The fourth-order valence-corrected chi connectivity index (χ4v) is 5.64. The zero-order valence-corrected chi connectivity index (χ0v) is 18.3. The summed E-state index contributed by atoms with van der Waals surface area (Å²) in [7, 11) is -0.738. The maximum absolute atomic E-state index is 13.2. The Bertz CT molecular complexity index is 1090. The van der Waals surface area contributed by atoms with Crippen LogP contribution >= 0.6 is 0 Å². The smallest absolute Gasteiger partial charge is 0.247 e. The fraction of sp³-hybridized carbons (Fsp3) is 0.364. The summed E-state index contributed by atoms with van der Waals surface area (Å²) >= 11 is 0. The quantitative estimate of drug-likeness (QED) is 0.688. The van der Waals surface area contributed by atoms with Gasteiger partial charge in [-0.25, -0.2) is 8.42 Å². The van der Waals surface area contributed by atoms with E-state index in [1.165, 1.54) is 33.3 Å². The van der Waals surface area contributed by atoms with E-state index in [9.17, 15) is 18.0 Å². The Morgan fingerprint density at radius 1 is 1.00 bits per heavy atom. The van der Waals surface area contributed by atoms with Gasteiger partial charge in [-0.15, -0.1) is 0 Å². The van der Waals surface area contributed by atoms with Crippen molar-refractivity contribution in [3.05, 3.63) is 60.2 Å². The molecule has 2 amide bonds. The first-order valence-electron chi connectivity index (χ1n) is 10.1. The molecule has 31 heavy (non-hydrogen) atoms. The van der Waals surface area contributed by atoms with Crippen LogP contribution in [0.4, 0.5) is 0 Å². The van der Waals surface area contributed by atoms with Crippen molar-refractivity contribution in [1.29, 1.82) is 0 Å². The van der Waals surface area contributed by atoms with Crippen LogP contribution in [-0.2, 0) is 26.0 Å². The van der Waals surface area contributed by atoms with E-state index >= 15 is 0 Å². The van der Waals surface area contributed by atoms with Crippen LogP contribution in [0.5, 0.6) is 5.75 Å². The number of sulfonamides is 1. The number of rotatable bonds is 5. The van der Waals surface area contributed by atoms with Crippen molar-refractivity contribution in [3.63, 3.8) is 0 Å². The monoisotopic (exact) mass is 443 g/mol. The average molecular weight is 444 g/mol. The van der Waals surface area contributed by atoms with Crippen molar-refractivity contribution >= 4 is 21.8 Å². The summed E-state index contributed by atoms with van der Waals surface area (Å²) in [6, 6.07) is 14.4. The number of ether oxygens (including phenoxy) is 1. The van der Waals surface area contributed by atoms with E-state index in [0.29, 0.717) is 12.2 Å². The van der Waals surface area contributed by atoms with Crippen molar-refractivity contribution in [2.24, 2.45) is 0 Å². The molecule has 0 spiro atoms. The van der Waals surface area contributed by atoms with Gasteiger partial charge in [0.1, 0.15) is 17.8 Å². The number of carbonyl (C=O) groups excluding carboxylic acids is 2. The Balaban J connectivity index is 1.55. The highest BCUT2D eigenvalue weighted by atomic mass is 32.2. The van der Waals surface area contributed by atoms with Gasteiger partial charge in [-0.1, -0.05) is 36.4 Å². The summed E-state index contributed by atoms with van der Waals surface area (Å²) in [4.78, 5) is 29.4. The molecule has 0 aliphatic carbocycles. The number of hydrogen-bond donors (Lipinski definition) is 0. The highest BCUT2D eigenvalue weighted by molar-refractivity contribution is 7.89. The molecule has 2 heterocycles. The van der Waals surface area contributed by atoms with E-state index in [4.69, 9.17) is 4.74 Å². The van der Waals surface area contributed by atoms with Gasteiger partial charge in [-0.05, 0) is 17.7 Å². The van der Waals surface area contributed by atoms with Crippen LogP contribution < -0.4 is 4.74 Å². The number of nitrogens with zero attached hydrogens (tertiary/aromatic N) is 3. The third-order valence-corrected chi connectivity index (χ3v) is 7.82. The molecule has 2 atom stereocenters. The van der Waals surface area contributed by atoms with E-state index in [2.05, 4.69) is 0 Å². The number of piperazine rings is 2. The van der Waals surface area contributed by atoms with Gasteiger partial charge in [0.25, 0.3) is 0 Å². The highest BCUT2D eigenvalue weighted by Crippen LogP contribution is 2.27. The molecule has 0 saturated carbocycles. The predicted octanol–water partition coefficient (Wildman–Crippen LogP) is 0.980. The molecule has 0 aromatic heterocycles. The van der Waals surface area contributed by atoms with Gasteiger partial charge in [-0.2, -0.15) is 4.31 Å². The van der Waals surface area contributed by atoms with Gasteiger partial charge in [0.15, 0.2) is 0 Å². The molecular weight excluding hydrogens is 418 g/mol. The minimum atomic E-state index is -3.82. The van der Waals surface area contributed by atoms with E-state index in [1.807, 2.05) is 30.3 Å². The molecule has 9 heteroatoms. The topological polar surface area (TPSA) is 87.2 Å². The second-order valence-electron chi connectivity index (χ2n) is 7.74. The van der Waals surface area contributed by atoms with Crippen LogP contribution in [0.3, 0.4) is 0 Å². The van der Waals surface area contributed by atoms with E-state index in [0.717, 1.165) is 5.56 Å². The summed E-state index contributed by atoms with van der Waals surface area (Å²) < 4.78 is 32.7. The van der Waals surface area contributed by atoms with Crippen molar-refractivity contribution in [1.82, 2.24) is 14.1 Å². The summed E-state index contributed by atoms with van der Waals surface area (Å²) in [6.07, 6.45) is 0.428. The highest BCUT2D eigenvalue weighted by Gasteiger charge is 2.48. The minimum Gasteiger partial charge on any atom is -0.497 e. The summed E-state index contributed by atoms with van der Waals surface area (Å²) in [5.74, 6) is 0.0487. The van der Waals surface area contributed by atoms with E-state index in [-0.39, 0.29) is 36.3 Å². The molecule has 2 aliphatic heterocycles. The second-order valence-corrected chi connectivity index (χ2v) is 9.68. The normalized spacial score (nSPS) is 22.4. The predicted molar refractivity (Wildman–Crippen MR) is 114 cm³/mol. The summed E-state index contributed by atoms with van der Waals surface area (Å²) in [6.45, 7) is 0.251. The number of likely N-dealkylation sites (N-methyl/N-ethyl adjacent to an activating group) is 1. The van der Waals surface area contributed by atoms with Gasteiger partial charge < -0.3 is 14.5 Å². The molecule has 2 fully saturated rings. The first-order chi connectivity index (χ1) is 14.8. The van der Waals surface area contributed by atoms with Crippen LogP contribution in [0.1, 0.15) is 5.56 Å². The molecule has 2 aromatic carbocycles. The molecule has 0 unspecified atom stereocenters. The lowest BCUT2D eigenvalue weighted by Crippen LogP contribution is -2.70. The number of fused-ring (bicyclic) bond motifs is 1. The SMILES string of the molecule is COc1cccc(S(=O)(=O)N2CCN3C(=O)[C@@H](Cc4ccccc4)N(C)C(=O)[C@@H]3C2)c1. The molecule has 2 aromatic rings. The third-order valence-electron chi connectivity index (χ3n) is 5.96. The molecule has 8 nitrogen and oxygen atoms in total. The number of benzene rings is 2. The molecule has 2 aliphatic rings. The van der Waals surface area contributed by atoms with Crippen LogP contribution in [0.2, 0.25) is 0 Å². The maximum Gasteiger partial charge on any atom is 0.247 e. The Morgan fingerprint density at radius 2 is 1.74 bits per heavy atom. The lowest BCUT2D eigenvalue weighted by molar-refractivity contribution is -0.162. The third kappa shape index (κ3) is 3.90. The standard InChI is InChI=1S/C22H25N3O5S/c1-23-19(13-16-7-4-3-5-8-16)22(27)25-12-11-24(15-20(25)21(23)26)31(28,29)18-10-6-9-17(14-18)30-2/h3-10,14,19-20H,11-13,15H2,1-2H3/t19-,20+/m1/s1. The number of hydrogen-bond acceptors (Lipinski definition) is 5. The Morgan fingerprint density at radius 3 is 2.45 bits per heavy atom. The number of methoxy groups -OCH3 is 1. The van der Waals surface area contributed by atoms with Crippen molar-refractivity contribution in [2.75, 3.05) is 33.8 Å². The molecular formula is C22H25N3O5S. The van der Waals surface area contributed by atoms with Gasteiger partial charge in [-0.3, -0.25) is 9.59 Å².